The van der Waals surface area contributed by atoms with Crippen LogP contribution in [-0.2, 0) is 4.74 Å². The van der Waals surface area contributed by atoms with Crippen LogP contribution in [0.3, 0.4) is 0 Å². The number of ether oxygens (including phenoxy) is 1. The summed E-state index contributed by atoms with van der Waals surface area (Å²) >= 11 is 5.94. The Morgan fingerprint density at radius 3 is 2.59 bits per heavy atom. The van der Waals surface area contributed by atoms with Gasteiger partial charge in [-0.05, 0) is 42.5 Å². The summed E-state index contributed by atoms with van der Waals surface area (Å²) in [5.41, 5.74) is 4.27. The van der Waals surface area contributed by atoms with E-state index >= 15 is 0 Å². The second kappa shape index (κ2) is 5.63. The number of aromatic nitrogens is 2. The van der Waals surface area contributed by atoms with Gasteiger partial charge < -0.3 is 14.6 Å². The molecular formula is C17H16ClN3O. The standard InChI is InChI=1S/C17H16ClN3O/c18-13-3-1-12(2-4-13)17-19-15-6-5-14(11-16(15)20-17)21-7-9-22-10-8-21/h1-6,11H,7-10H2,(H,19,20). The first-order valence-corrected chi connectivity index (χ1v) is 7.76. The molecule has 1 fully saturated rings. The van der Waals surface area contributed by atoms with Gasteiger partial charge in [0, 0.05) is 29.4 Å². The summed E-state index contributed by atoms with van der Waals surface area (Å²) in [7, 11) is 0. The lowest BCUT2D eigenvalue weighted by atomic mass is 10.2. The molecule has 1 aromatic heterocycles. The van der Waals surface area contributed by atoms with Crippen molar-refractivity contribution in [1.82, 2.24) is 9.97 Å². The van der Waals surface area contributed by atoms with E-state index in [4.69, 9.17) is 16.3 Å². The number of imidazole rings is 1. The summed E-state index contributed by atoms with van der Waals surface area (Å²) in [6, 6.07) is 14.1. The number of aromatic amines is 1. The van der Waals surface area contributed by atoms with Crippen molar-refractivity contribution in [3.63, 3.8) is 0 Å². The largest absolute Gasteiger partial charge is 0.378 e. The quantitative estimate of drug-likeness (QED) is 0.784. The molecule has 0 spiro atoms. The molecule has 22 heavy (non-hydrogen) atoms. The zero-order valence-corrected chi connectivity index (χ0v) is 12.8. The first-order chi connectivity index (χ1) is 10.8. The lowest BCUT2D eigenvalue weighted by Crippen LogP contribution is -2.36. The Bertz CT molecular complexity index is 791. The third kappa shape index (κ3) is 2.56. The van der Waals surface area contributed by atoms with Gasteiger partial charge in [0.1, 0.15) is 5.82 Å². The van der Waals surface area contributed by atoms with Crippen molar-refractivity contribution < 1.29 is 4.74 Å². The first-order valence-electron chi connectivity index (χ1n) is 7.38. The van der Waals surface area contributed by atoms with E-state index in [-0.39, 0.29) is 0 Å². The van der Waals surface area contributed by atoms with Crippen molar-refractivity contribution in [2.24, 2.45) is 0 Å². The molecule has 2 aromatic carbocycles. The fourth-order valence-corrected chi connectivity index (χ4v) is 2.89. The molecule has 4 rings (SSSR count). The second-order valence-electron chi connectivity index (χ2n) is 5.39. The molecule has 4 nitrogen and oxygen atoms in total. The van der Waals surface area contributed by atoms with Gasteiger partial charge in [-0.1, -0.05) is 11.6 Å². The first kappa shape index (κ1) is 13.6. The van der Waals surface area contributed by atoms with E-state index in [1.807, 2.05) is 24.3 Å². The molecule has 0 saturated carbocycles. The van der Waals surface area contributed by atoms with Crippen molar-refractivity contribution in [2.75, 3.05) is 31.2 Å². The Balaban J connectivity index is 1.69. The molecule has 1 saturated heterocycles. The Morgan fingerprint density at radius 2 is 1.82 bits per heavy atom. The molecule has 1 aliphatic rings. The monoisotopic (exact) mass is 313 g/mol. The second-order valence-corrected chi connectivity index (χ2v) is 5.83. The van der Waals surface area contributed by atoms with Gasteiger partial charge in [-0.15, -0.1) is 0 Å². The number of hydrogen-bond acceptors (Lipinski definition) is 3. The summed E-state index contributed by atoms with van der Waals surface area (Å²) in [5, 5.41) is 0.731. The number of nitrogens with one attached hydrogen (secondary N) is 1. The maximum Gasteiger partial charge on any atom is 0.138 e. The van der Waals surface area contributed by atoms with Gasteiger partial charge in [-0.2, -0.15) is 0 Å². The highest BCUT2D eigenvalue weighted by atomic mass is 35.5. The zero-order valence-electron chi connectivity index (χ0n) is 12.1. The van der Waals surface area contributed by atoms with Crippen molar-refractivity contribution >= 4 is 28.3 Å². The number of halogens is 1. The predicted octanol–water partition coefficient (Wildman–Crippen LogP) is 3.72. The maximum absolute atomic E-state index is 5.94. The number of anilines is 1. The molecule has 0 atom stereocenters. The highest BCUT2D eigenvalue weighted by Crippen LogP contribution is 2.25. The van der Waals surface area contributed by atoms with E-state index in [2.05, 4.69) is 33.1 Å². The van der Waals surface area contributed by atoms with Gasteiger partial charge in [-0.25, -0.2) is 4.98 Å². The summed E-state index contributed by atoms with van der Waals surface area (Å²) < 4.78 is 5.41. The molecule has 3 aromatic rings. The van der Waals surface area contributed by atoms with Gasteiger partial charge in [0.05, 0.1) is 24.2 Å². The van der Waals surface area contributed by atoms with E-state index in [9.17, 15) is 0 Å². The van der Waals surface area contributed by atoms with E-state index in [0.29, 0.717) is 0 Å². The van der Waals surface area contributed by atoms with Crippen LogP contribution in [0.1, 0.15) is 0 Å². The lowest BCUT2D eigenvalue weighted by Gasteiger charge is -2.28. The number of fused-ring (bicyclic) bond motifs is 1. The number of morpholine rings is 1. The van der Waals surface area contributed by atoms with Crippen molar-refractivity contribution in [1.29, 1.82) is 0 Å². The fraction of sp³-hybridized carbons (Fsp3) is 0.235. The minimum absolute atomic E-state index is 0.731. The summed E-state index contributed by atoms with van der Waals surface area (Å²) in [6.45, 7) is 3.45. The van der Waals surface area contributed by atoms with Crippen LogP contribution in [0.25, 0.3) is 22.4 Å². The van der Waals surface area contributed by atoms with Crippen LogP contribution >= 0.6 is 11.6 Å². The predicted molar refractivity (Wildman–Crippen MR) is 89.6 cm³/mol. The highest BCUT2D eigenvalue weighted by molar-refractivity contribution is 6.30. The van der Waals surface area contributed by atoms with Gasteiger partial charge in [0.25, 0.3) is 0 Å². The molecule has 0 bridgehead atoms. The van der Waals surface area contributed by atoms with Gasteiger partial charge in [-0.3, -0.25) is 0 Å². The van der Waals surface area contributed by atoms with Crippen molar-refractivity contribution in [2.45, 2.75) is 0 Å². The van der Waals surface area contributed by atoms with E-state index in [1.165, 1.54) is 5.69 Å². The van der Waals surface area contributed by atoms with Crippen LogP contribution < -0.4 is 4.90 Å². The van der Waals surface area contributed by atoms with Crippen molar-refractivity contribution in [3.05, 3.63) is 47.5 Å². The Labute approximate surface area is 133 Å². The molecule has 112 valence electrons. The number of H-pyrrole nitrogens is 1. The molecule has 1 aliphatic heterocycles. The van der Waals surface area contributed by atoms with Crippen LogP contribution in [0.4, 0.5) is 5.69 Å². The van der Waals surface area contributed by atoms with E-state index < -0.39 is 0 Å². The SMILES string of the molecule is Clc1ccc(-c2nc3ccc(N4CCOCC4)cc3[nH]2)cc1. The maximum atomic E-state index is 5.94. The molecule has 0 aliphatic carbocycles. The van der Waals surface area contributed by atoms with E-state index in [0.717, 1.165) is 53.7 Å². The van der Waals surface area contributed by atoms with Gasteiger partial charge in [0.2, 0.25) is 0 Å². The highest BCUT2D eigenvalue weighted by Gasteiger charge is 2.13. The number of hydrogen-bond donors (Lipinski definition) is 1. The molecule has 2 heterocycles. The fourth-order valence-electron chi connectivity index (χ4n) is 2.76. The minimum atomic E-state index is 0.731. The number of rotatable bonds is 2. The van der Waals surface area contributed by atoms with Crippen LogP contribution in [0.5, 0.6) is 0 Å². The summed E-state index contributed by atoms with van der Waals surface area (Å²) in [5.74, 6) is 0.866. The summed E-state index contributed by atoms with van der Waals surface area (Å²) in [6.07, 6.45) is 0. The minimum Gasteiger partial charge on any atom is -0.378 e. The van der Waals surface area contributed by atoms with Crippen molar-refractivity contribution in [3.8, 4) is 11.4 Å². The number of benzene rings is 2. The van der Waals surface area contributed by atoms with Gasteiger partial charge >= 0.3 is 0 Å². The molecule has 0 radical (unpaired) electrons. The molecular weight excluding hydrogens is 298 g/mol. The average molecular weight is 314 g/mol. The normalized spacial score (nSPS) is 15.4. The van der Waals surface area contributed by atoms with Crippen LogP contribution in [0.15, 0.2) is 42.5 Å². The lowest BCUT2D eigenvalue weighted by molar-refractivity contribution is 0.122. The Morgan fingerprint density at radius 1 is 1.05 bits per heavy atom. The third-order valence-corrected chi connectivity index (χ3v) is 4.21. The summed E-state index contributed by atoms with van der Waals surface area (Å²) in [4.78, 5) is 10.4. The van der Waals surface area contributed by atoms with Crippen LogP contribution in [0.2, 0.25) is 5.02 Å². The Hall–Kier alpha value is -2.04. The van der Waals surface area contributed by atoms with Gasteiger partial charge in [0.15, 0.2) is 0 Å². The molecule has 1 N–H and O–H groups in total. The Kier molecular flexibility index (Phi) is 3.48. The molecule has 0 amide bonds. The zero-order chi connectivity index (χ0) is 14.9. The molecule has 5 heteroatoms. The molecule has 0 unspecified atom stereocenters. The number of nitrogens with zero attached hydrogens (tertiary/aromatic N) is 2. The van der Waals surface area contributed by atoms with Crippen LogP contribution in [0, 0.1) is 0 Å². The smallest absolute Gasteiger partial charge is 0.138 e. The van der Waals surface area contributed by atoms with Crippen LogP contribution in [-0.4, -0.2) is 36.3 Å². The third-order valence-electron chi connectivity index (χ3n) is 3.96. The average Bonchev–Trinajstić information content (AvgIpc) is 2.99. The topological polar surface area (TPSA) is 41.2 Å². The van der Waals surface area contributed by atoms with E-state index in [1.54, 1.807) is 0 Å².